The molecule has 0 bridgehead atoms. The van der Waals surface area contributed by atoms with Crippen molar-refractivity contribution < 1.29 is 4.79 Å². The van der Waals surface area contributed by atoms with Crippen LogP contribution in [0.1, 0.15) is 43.2 Å². The minimum Gasteiger partial charge on any atom is -0.352 e. The molecule has 0 aromatic heterocycles. The number of rotatable bonds is 6. The van der Waals surface area contributed by atoms with Gasteiger partial charge in [0.05, 0.1) is 0 Å². The molecular formula is C17H28ClN3O. The van der Waals surface area contributed by atoms with Gasteiger partial charge >= 0.3 is 0 Å². The molecule has 3 N–H and O–H groups in total. The lowest BCUT2D eigenvalue weighted by molar-refractivity contribution is -0.121. The molecule has 0 spiro atoms. The van der Waals surface area contributed by atoms with Crippen molar-refractivity contribution in [3.8, 4) is 0 Å². The number of amides is 1. The summed E-state index contributed by atoms with van der Waals surface area (Å²) in [7, 11) is 0. The Bertz CT molecular complexity index is 428. The number of nitrogens with one attached hydrogen (secondary N) is 1. The summed E-state index contributed by atoms with van der Waals surface area (Å²) in [5.74, 6) is 0.0196. The number of carbonyl (C=O) groups excluding carboxylic acids is 1. The highest BCUT2D eigenvalue weighted by atomic mass is 35.5. The molecule has 4 nitrogen and oxygen atoms in total. The van der Waals surface area contributed by atoms with Gasteiger partial charge in [0.25, 0.3) is 0 Å². The second kappa shape index (κ2) is 10.6. The standard InChI is InChI=1S/C17H27N3O.ClH/c18-10-9-17(21)19-13-15-5-7-16(8-6-15)14-20-11-3-1-2-4-12-20;/h5-8H,1-4,9-14,18H2,(H,19,21);1H. The molecule has 0 radical (unpaired) electrons. The van der Waals surface area contributed by atoms with Crippen LogP contribution in [0.25, 0.3) is 0 Å². The summed E-state index contributed by atoms with van der Waals surface area (Å²) < 4.78 is 0. The molecular weight excluding hydrogens is 298 g/mol. The van der Waals surface area contributed by atoms with Crippen LogP contribution < -0.4 is 11.1 Å². The Morgan fingerprint density at radius 1 is 1.05 bits per heavy atom. The van der Waals surface area contributed by atoms with Gasteiger partial charge in [-0.05, 0) is 37.1 Å². The fourth-order valence-electron chi connectivity index (χ4n) is 2.74. The van der Waals surface area contributed by atoms with E-state index in [9.17, 15) is 4.79 Å². The molecule has 1 aliphatic rings. The number of hydrogen-bond donors (Lipinski definition) is 2. The monoisotopic (exact) mass is 325 g/mol. The molecule has 0 unspecified atom stereocenters. The minimum absolute atomic E-state index is 0. The van der Waals surface area contributed by atoms with Crippen LogP contribution in [0.15, 0.2) is 24.3 Å². The maximum atomic E-state index is 11.4. The van der Waals surface area contributed by atoms with Crippen molar-refractivity contribution in [1.29, 1.82) is 0 Å². The third-order valence-electron chi connectivity index (χ3n) is 3.99. The molecule has 1 aromatic carbocycles. The first-order chi connectivity index (χ1) is 10.3. The first-order valence-electron chi connectivity index (χ1n) is 8.05. The molecule has 124 valence electrons. The quantitative estimate of drug-likeness (QED) is 0.844. The molecule has 1 saturated heterocycles. The number of hydrogen-bond acceptors (Lipinski definition) is 3. The Morgan fingerprint density at radius 2 is 1.64 bits per heavy atom. The van der Waals surface area contributed by atoms with E-state index in [2.05, 4.69) is 34.5 Å². The van der Waals surface area contributed by atoms with Gasteiger partial charge in [-0.15, -0.1) is 12.4 Å². The SMILES string of the molecule is Cl.NCCC(=O)NCc1ccc(CN2CCCCCC2)cc1. The molecule has 5 heteroatoms. The number of nitrogens with two attached hydrogens (primary N) is 1. The topological polar surface area (TPSA) is 58.4 Å². The third-order valence-corrected chi connectivity index (χ3v) is 3.99. The largest absolute Gasteiger partial charge is 0.352 e. The van der Waals surface area contributed by atoms with Gasteiger partial charge in [0.15, 0.2) is 0 Å². The summed E-state index contributed by atoms with van der Waals surface area (Å²) in [6.45, 7) is 4.47. The first kappa shape index (κ1) is 18.9. The Kier molecular flexibility index (Phi) is 9.13. The van der Waals surface area contributed by atoms with Crippen molar-refractivity contribution in [2.45, 2.75) is 45.2 Å². The summed E-state index contributed by atoms with van der Waals surface area (Å²) in [4.78, 5) is 13.9. The Labute approximate surface area is 139 Å². The summed E-state index contributed by atoms with van der Waals surface area (Å²) in [5, 5.41) is 2.88. The van der Waals surface area contributed by atoms with E-state index in [1.807, 2.05) is 0 Å². The molecule has 0 saturated carbocycles. The van der Waals surface area contributed by atoms with Gasteiger partial charge in [0.2, 0.25) is 5.91 Å². The zero-order valence-corrected chi connectivity index (χ0v) is 14.0. The summed E-state index contributed by atoms with van der Waals surface area (Å²) in [6.07, 6.45) is 5.79. The van der Waals surface area contributed by atoms with E-state index in [-0.39, 0.29) is 18.3 Å². The predicted molar refractivity (Wildman–Crippen MR) is 93.0 cm³/mol. The van der Waals surface area contributed by atoms with E-state index in [1.165, 1.54) is 44.3 Å². The number of halogens is 1. The second-order valence-corrected chi connectivity index (χ2v) is 5.82. The Morgan fingerprint density at radius 3 is 2.23 bits per heavy atom. The van der Waals surface area contributed by atoms with Crippen molar-refractivity contribution in [1.82, 2.24) is 10.2 Å². The summed E-state index contributed by atoms with van der Waals surface area (Å²) >= 11 is 0. The number of nitrogens with zero attached hydrogens (tertiary/aromatic N) is 1. The lowest BCUT2D eigenvalue weighted by Gasteiger charge is -2.19. The highest BCUT2D eigenvalue weighted by molar-refractivity contribution is 5.85. The zero-order chi connectivity index (χ0) is 14.9. The Balaban J connectivity index is 0.00000242. The number of likely N-dealkylation sites (tertiary alicyclic amines) is 1. The van der Waals surface area contributed by atoms with Crippen molar-refractivity contribution in [2.24, 2.45) is 5.73 Å². The summed E-state index contributed by atoms with van der Waals surface area (Å²) in [5.41, 5.74) is 7.85. The van der Waals surface area contributed by atoms with E-state index in [0.717, 1.165) is 12.1 Å². The fourth-order valence-corrected chi connectivity index (χ4v) is 2.74. The third kappa shape index (κ3) is 6.77. The van der Waals surface area contributed by atoms with Gasteiger partial charge in [-0.1, -0.05) is 37.1 Å². The van der Waals surface area contributed by atoms with Crippen LogP contribution in [0.5, 0.6) is 0 Å². The second-order valence-electron chi connectivity index (χ2n) is 5.82. The van der Waals surface area contributed by atoms with Crippen LogP contribution in [0.3, 0.4) is 0 Å². The maximum Gasteiger partial charge on any atom is 0.221 e. The number of benzene rings is 1. The molecule has 0 atom stereocenters. The van der Waals surface area contributed by atoms with Crippen molar-refractivity contribution in [3.63, 3.8) is 0 Å². The van der Waals surface area contributed by atoms with Crippen LogP contribution in [-0.2, 0) is 17.9 Å². The van der Waals surface area contributed by atoms with Crippen LogP contribution in [0, 0.1) is 0 Å². The highest BCUT2D eigenvalue weighted by Crippen LogP contribution is 2.13. The number of carbonyl (C=O) groups is 1. The van der Waals surface area contributed by atoms with Gasteiger partial charge in [-0.3, -0.25) is 9.69 Å². The van der Waals surface area contributed by atoms with Crippen LogP contribution >= 0.6 is 12.4 Å². The lowest BCUT2D eigenvalue weighted by Crippen LogP contribution is -2.25. The zero-order valence-electron chi connectivity index (χ0n) is 13.2. The van der Waals surface area contributed by atoms with Gasteiger partial charge in [0, 0.05) is 26.1 Å². The van der Waals surface area contributed by atoms with Gasteiger partial charge in [-0.2, -0.15) is 0 Å². The molecule has 2 rings (SSSR count). The molecule has 1 heterocycles. The first-order valence-corrected chi connectivity index (χ1v) is 8.05. The van der Waals surface area contributed by atoms with E-state index >= 15 is 0 Å². The van der Waals surface area contributed by atoms with Crippen LogP contribution in [0.4, 0.5) is 0 Å². The normalized spacial score (nSPS) is 15.7. The lowest BCUT2D eigenvalue weighted by atomic mass is 10.1. The molecule has 22 heavy (non-hydrogen) atoms. The van der Waals surface area contributed by atoms with Crippen molar-refractivity contribution in [2.75, 3.05) is 19.6 Å². The molecule has 1 amide bonds. The Hall–Kier alpha value is -1.10. The van der Waals surface area contributed by atoms with Gasteiger partial charge in [0.1, 0.15) is 0 Å². The average Bonchev–Trinajstić information content (AvgIpc) is 2.76. The van der Waals surface area contributed by atoms with Crippen LogP contribution in [0.2, 0.25) is 0 Å². The predicted octanol–water partition coefficient (Wildman–Crippen LogP) is 2.45. The molecule has 0 aliphatic carbocycles. The van der Waals surface area contributed by atoms with Crippen molar-refractivity contribution >= 4 is 18.3 Å². The van der Waals surface area contributed by atoms with E-state index < -0.39 is 0 Å². The van der Waals surface area contributed by atoms with E-state index in [1.54, 1.807) is 0 Å². The van der Waals surface area contributed by atoms with Crippen LogP contribution in [-0.4, -0.2) is 30.4 Å². The maximum absolute atomic E-state index is 11.4. The molecule has 1 aliphatic heterocycles. The van der Waals surface area contributed by atoms with Crippen molar-refractivity contribution in [3.05, 3.63) is 35.4 Å². The summed E-state index contributed by atoms with van der Waals surface area (Å²) in [6, 6.07) is 8.57. The van der Waals surface area contributed by atoms with E-state index in [0.29, 0.717) is 19.5 Å². The van der Waals surface area contributed by atoms with Gasteiger partial charge in [-0.25, -0.2) is 0 Å². The van der Waals surface area contributed by atoms with E-state index in [4.69, 9.17) is 5.73 Å². The smallest absolute Gasteiger partial charge is 0.221 e. The highest BCUT2D eigenvalue weighted by Gasteiger charge is 2.09. The molecule has 1 aromatic rings. The van der Waals surface area contributed by atoms with Gasteiger partial charge < -0.3 is 11.1 Å². The molecule has 1 fully saturated rings. The fraction of sp³-hybridized carbons (Fsp3) is 0.588. The minimum atomic E-state index is 0. The average molecular weight is 326 g/mol.